The first-order chi connectivity index (χ1) is 14.5. The Morgan fingerprint density at radius 3 is 2.60 bits per heavy atom. The van der Waals surface area contributed by atoms with E-state index in [0.717, 1.165) is 53.8 Å². The maximum absolute atomic E-state index is 13.2. The molecule has 2 heterocycles. The molecule has 5 nitrogen and oxygen atoms in total. The monoisotopic (exact) mass is 424 g/mol. The summed E-state index contributed by atoms with van der Waals surface area (Å²) in [5, 5.41) is 4.59. The molecule has 0 unspecified atom stereocenters. The molecule has 1 fully saturated rings. The fraction of sp³-hybridized carbons (Fsp3) is 0.333. The molecule has 0 saturated carbocycles. The zero-order chi connectivity index (χ0) is 21.1. The molecule has 1 saturated heterocycles. The van der Waals surface area contributed by atoms with Crippen molar-refractivity contribution in [2.24, 2.45) is 0 Å². The van der Waals surface area contributed by atoms with E-state index in [2.05, 4.69) is 12.4 Å². The van der Waals surface area contributed by atoms with Gasteiger partial charge in [0.05, 0.1) is 43.5 Å². The second-order valence-electron chi connectivity index (χ2n) is 7.88. The van der Waals surface area contributed by atoms with Crippen molar-refractivity contribution < 1.29 is 14.4 Å². The Morgan fingerprint density at radius 2 is 1.90 bits per heavy atom. The van der Waals surface area contributed by atoms with Gasteiger partial charge in [-0.05, 0) is 55.5 Å². The number of nitrogens with one attached hydrogen (secondary N) is 2. The minimum Gasteiger partial charge on any atom is -0.494 e. The van der Waals surface area contributed by atoms with Crippen LogP contribution in [0.3, 0.4) is 0 Å². The summed E-state index contributed by atoms with van der Waals surface area (Å²) in [5.41, 5.74) is 3.06. The van der Waals surface area contributed by atoms with Gasteiger partial charge in [0.1, 0.15) is 5.75 Å². The van der Waals surface area contributed by atoms with Crippen molar-refractivity contribution in [2.75, 3.05) is 26.7 Å². The van der Waals surface area contributed by atoms with Crippen LogP contribution < -0.4 is 15.0 Å². The molecule has 0 aliphatic carbocycles. The minimum absolute atomic E-state index is 0.0681. The highest BCUT2D eigenvalue weighted by atomic mass is 35.5. The van der Waals surface area contributed by atoms with Crippen LogP contribution in [0.5, 0.6) is 5.75 Å². The lowest BCUT2D eigenvalue weighted by Gasteiger charge is -2.27. The largest absolute Gasteiger partial charge is 0.494 e. The number of pyridine rings is 1. The first-order valence-electron chi connectivity index (χ1n) is 10.5. The number of carbonyl (C=O) groups is 1. The number of ether oxygens (including phenoxy) is 1. The molecule has 30 heavy (non-hydrogen) atoms. The molecular weight excluding hydrogens is 398 g/mol. The number of piperidine rings is 1. The van der Waals surface area contributed by atoms with Gasteiger partial charge in [0.2, 0.25) is 0 Å². The maximum Gasteiger partial charge on any atom is 0.252 e. The summed E-state index contributed by atoms with van der Waals surface area (Å²) in [5.74, 6) is 0.748. The SMILES string of the molecule is CCOc1ccc(-c2cc(C(=O)NC3CC[NH+](C)CC3)c3cc(Cl)ccc3n2)cc1. The van der Waals surface area contributed by atoms with Crippen LogP contribution in [0.4, 0.5) is 0 Å². The van der Waals surface area contributed by atoms with E-state index in [9.17, 15) is 4.79 Å². The van der Waals surface area contributed by atoms with Gasteiger partial charge in [-0.2, -0.15) is 0 Å². The molecule has 156 valence electrons. The number of quaternary nitrogens is 1. The summed E-state index contributed by atoms with van der Waals surface area (Å²) in [6.07, 6.45) is 1.99. The molecule has 1 amide bonds. The van der Waals surface area contributed by atoms with Gasteiger partial charge in [0, 0.05) is 34.9 Å². The molecule has 0 spiro atoms. The number of nitrogens with zero attached hydrogens (tertiary/aromatic N) is 1. The van der Waals surface area contributed by atoms with Crippen LogP contribution in [0.2, 0.25) is 5.02 Å². The second-order valence-corrected chi connectivity index (χ2v) is 8.32. The maximum atomic E-state index is 13.2. The van der Waals surface area contributed by atoms with Crippen molar-refractivity contribution in [3.63, 3.8) is 0 Å². The molecule has 4 rings (SSSR count). The van der Waals surface area contributed by atoms with Crippen molar-refractivity contribution in [1.29, 1.82) is 0 Å². The lowest BCUT2D eigenvalue weighted by molar-refractivity contribution is -0.884. The van der Waals surface area contributed by atoms with E-state index in [4.69, 9.17) is 21.3 Å². The van der Waals surface area contributed by atoms with E-state index < -0.39 is 0 Å². The summed E-state index contributed by atoms with van der Waals surface area (Å²) in [4.78, 5) is 19.5. The number of hydrogen-bond donors (Lipinski definition) is 2. The predicted molar refractivity (Wildman–Crippen MR) is 120 cm³/mol. The van der Waals surface area contributed by atoms with Gasteiger partial charge in [0.25, 0.3) is 5.91 Å². The lowest BCUT2D eigenvalue weighted by Crippen LogP contribution is -3.10. The highest BCUT2D eigenvalue weighted by Crippen LogP contribution is 2.28. The number of carbonyl (C=O) groups excluding carboxylic acids is 1. The summed E-state index contributed by atoms with van der Waals surface area (Å²) in [6.45, 7) is 4.73. The number of rotatable bonds is 5. The first-order valence-corrected chi connectivity index (χ1v) is 10.9. The molecule has 6 heteroatoms. The standard InChI is InChI=1S/C24H26ClN3O2/c1-3-30-19-7-4-16(5-8-19)23-15-21(20-14-17(25)6-9-22(20)27-23)24(29)26-18-10-12-28(2)13-11-18/h4-9,14-15,18H,3,10-13H2,1-2H3,(H,26,29)/p+1. The van der Waals surface area contributed by atoms with Crippen molar-refractivity contribution in [2.45, 2.75) is 25.8 Å². The highest BCUT2D eigenvalue weighted by molar-refractivity contribution is 6.31. The van der Waals surface area contributed by atoms with Crippen LogP contribution in [0.25, 0.3) is 22.2 Å². The fourth-order valence-electron chi connectivity index (χ4n) is 3.94. The first kappa shape index (κ1) is 20.6. The van der Waals surface area contributed by atoms with Crippen molar-refractivity contribution in [1.82, 2.24) is 10.3 Å². The topological polar surface area (TPSA) is 55.7 Å². The molecule has 1 aliphatic rings. The summed E-state index contributed by atoms with van der Waals surface area (Å²) in [7, 11) is 2.19. The number of halogens is 1. The van der Waals surface area contributed by atoms with Gasteiger partial charge in [-0.3, -0.25) is 4.79 Å². The molecule has 0 bridgehead atoms. The van der Waals surface area contributed by atoms with Crippen LogP contribution in [-0.4, -0.2) is 43.7 Å². The third-order valence-electron chi connectivity index (χ3n) is 5.65. The Kier molecular flexibility index (Phi) is 6.21. The number of amides is 1. The van der Waals surface area contributed by atoms with Crippen LogP contribution in [-0.2, 0) is 0 Å². The molecule has 0 radical (unpaired) electrons. The highest BCUT2D eigenvalue weighted by Gasteiger charge is 2.23. The van der Waals surface area contributed by atoms with E-state index in [0.29, 0.717) is 17.2 Å². The van der Waals surface area contributed by atoms with E-state index in [-0.39, 0.29) is 11.9 Å². The zero-order valence-electron chi connectivity index (χ0n) is 17.4. The Bertz CT molecular complexity index is 1040. The number of likely N-dealkylation sites (tertiary alicyclic amines) is 1. The Balaban J connectivity index is 1.69. The minimum atomic E-state index is -0.0681. The molecule has 3 aromatic rings. The van der Waals surface area contributed by atoms with E-state index in [1.54, 1.807) is 6.07 Å². The van der Waals surface area contributed by atoms with Gasteiger partial charge in [0.15, 0.2) is 0 Å². The van der Waals surface area contributed by atoms with Gasteiger partial charge in [-0.1, -0.05) is 11.6 Å². The number of aromatic nitrogens is 1. The van der Waals surface area contributed by atoms with Crippen LogP contribution in [0.15, 0.2) is 48.5 Å². The third-order valence-corrected chi connectivity index (χ3v) is 5.89. The van der Waals surface area contributed by atoms with E-state index >= 15 is 0 Å². The zero-order valence-corrected chi connectivity index (χ0v) is 18.1. The van der Waals surface area contributed by atoms with Gasteiger partial charge < -0.3 is 15.0 Å². The molecule has 2 aromatic carbocycles. The smallest absolute Gasteiger partial charge is 0.252 e. The van der Waals surface area contributed by atoms with E-state index in [1.165, 1.54) is 4.90 Å². The Hall–Kier alpha value is -2.63. The fourth-order valence-corrected chi connectivity index (χ4v) is 4.11. The molecule has 2 N–H and O–H groups in total. The van der Waals surface area contributed by atoms with Crippen LogP contribution in [0.1, 0.15) is 30.1 Å². The van der Waals surface area contributed by atoms with Crippen molar-refractivity contribution in [3.05, 3.63) is 59.1 Å². The molecular formula is C24H27ClN3O2+. The quantitative estimate of drug-likeness (QED) is 0.660. The van der Waals surface area contributed by atoms with Crippen LogP contribution in [0, 0.1) is 0 Å². The molecule has 1 aromatic heterocycles. The van der Waals surface area contributed by atoms with E-state index in [1.807, 2.05) is 49.4 Å². The normalized spacial score (nSPS) is 18.9. The van der Waals surface area contributed by atoms with Gasteiger partial charge in [-0.25, -0.2) is 4.98 Å². The van der Waals surface area contributed by atoms with Gasteiger partial charge >= 0.3 is 0 Å². The second kappa shape index (κ2) is 9.02. The number of fused-ring (bicyclic) bond motifs is 1. The van der Waals surface area contributed by atoms with Gasteiger partial charge in [-0.15, -0.1) is 0 Å². The summed E-state index contributed by atoms with van der Waals surface area (Å²) in [6, 6.07) is 15.3. The average molecular weight is 425 g/mol. The number of benzene rings is 2. The Labute approximate surface area is 182 Å². The third kappa shape index (κ3) is 4.58. The number of hydrogen-bond acceptors (Lipinski definition) is 3. The lowest BCUT2D eigenvalue weighted by atomic mass is 10.0. The van der Waals surface area contributed by atoms with Crippen LogP contribution >= 0.6 is 11.6 Å². The predicted octanol–water partition coefficient (Wildman–Crippen LogP) is 3.36. The molecule has 1 aliphatic heterocycles. The Morgan fingerprint density at radius 1 is 1.17 bits per heavy atom. The van der Waals surface area contributed by atoms with Crippen molar-refractivity contribution >= 4 is 28.4 Å². The summed E-state index contributed by atoms with van der Waals surface area (Å²) < 4.78 is 5.53. The average Bonchev–Trinajstić information content (AvgIpc) is 2.75. The van der Waals surface area contributed by atoms with Crippen molar-refractivity contribution in [3.8, 4) is 17.0 Å². The summed E-state index contributed by atoms with van der Waals surface area (Å²) >= 11 is 6.23. The molecule has 0 atom stereocenters.